The molecular formula is C12H17NO4S. The molecule has 0 atom stereocenters. The average molecular weight is 271 g/mol. The normalized spacial score (nSPS) is 12.1. The van der Waals surface area contributed by atoms with Crippen LogP contribution in [-0.4, -0.2) is 36.4 Å². The van der Waals surface area contributed by atoms with Crippen molar-refractivity contribution in [3.8, 4) is 0 Å². The molecule has 1 N–H and O–H groups in total. The van der Waals surface area contributed by atoms with Crippen molar-refractivity contribution in [2.24, 2.45) is 0 Å². The van der Waals surface area contributed by atoms with Gasteiger partial charge in [-0.3, -0.25) is 0 Å². The SMILES string of the molecule is CCN(C(C)C)S(=O)(=O)c1ccc(C(=O)O)cc1. The highest BCUT2D eigenvalue weighted by Crippen LogP contribution is 2.18. The maximum Gasteiger partial charge on any atom is 0.335 e. The third-order valence-corrected chi connectivity index (χ3v) is 4.76. The smallest absolute Gasteiger partial charge is 0.335 e. The number of carboxylic acids is 1. The van der Waals surface area contributed by atoms with Crippen LogP contribution < -0.4 is 0 Å². The second-order valence-corrected chi connectivity index (χ2v) is 6.02. The molecule has 1 rings (SSSR count). The molecule has 0 bridgehead atoms. The van der Waals surface area contributed by atoms with Crippen LogP contribution in [0.25, 0.3) is 0 Å². The Balaban J connectivity index is 3.16. The predicted octanol–water partition coefficient (Wildman–Crippen LogP) is 1.80. The molecule has 0 unspecified atom stereocenters. The van der Waals surface area contributed by atoms with Crippen molar-refractivity contribution in [1.82, 2.24) is 4.31 Å². The first-order valence-electron chi connectivity index (χ1n) is 5.66. The molecule has 0 fully saturated rings. The molecule has 1 aromatic rings. The third kappa shape index (κ3) is 2.88. The van der Waals surface area contributed by atoms with Gasteiger partial charge in [-0.2, -0.15) is 4.31 Å². The summed E-state index contributed by atoms with van der Waals surface area (Å²) in [6, 6.07) is 5.10. The van der Waals surface area contributed by atoms with Crippen LogP contribution in [0.2, 0.25) is 0 Å². The number of rotatable bonds is 5. The first-order chi connectivity index (χ1) is 8.30. The number of sulfonamides is 1. The molecule has 100 valence electrons. The minimum atomic E-state index is -3.55. The Morgan fingerprint density at radius 2 is 1.78 bits per heavy atom. The standard InChI is InChI=1S/C12H17NO4S/c1-4-13(9(2)3)18(16,17)11-7-5-10(6-8-11)12(14)15/h5-9H,4H2,1-3H3,(H,14,15). The molecule has 0 amide bonds. The van der Waals surface area contributed by atoms with Crippen LogP contribution in [0, 0.1) is 0 Å². The number of carboxylic acid groups (broad SMARTS) is 1. The Morgan fingerprint density at radius 1 is 1.28 bits per heavy atom. The van der Waals surface area contributed by atoms with Gasteiger partial charge in [-0.15, -0.1) is 0 Å². The molecule has 0 aromatic heterocycles. The molecule has 1 aromatic carbocycles. The summed E-state index contributed by atoms with van der Waals surface area (Å²) in [5.74, 6) is -1.07. The van der Waals surface area contributed by atoms with E-state index in [1.165, 1.54) is 28.6 Å². The van der Waals surface area contributed by atoms with Crippen LogP contribution in [0.15, 0.2) is 29.2 Å². The highest BCUT2D eigenvalue weighted by molar-refractivity contribution is 7.89. The van der Waals surface area contributed by atoms with Crippen molar-refractivity contribution in [1.29, 1.82) is 0 Å². The Morgan fingerprint density at radius 3 is 2.11 bits per heavy atom. The highest BCUT2D eigenvalue weighted by atomic mass is 32.2. The minimum absolute atomic E-state index is 0.0709. The maximum absolute atomic E-state index is 12.3. The molecule has 5 nitrogen and oxygen atoms in total. The van der Waals surface area contributed by atoms with Gasteiger partial charge in [0.15, 0.2) is 0 Å². The van der Waals surface area contributed by atoms with Gasteiger partial charge in [0, 0.05) is 12.6 Å². The number of benzene rings is 1. The largest absolute Gasteiger partial charge is 0.478 e. The van der Waals surface area contributed by atoms with Gasteiger partial charge in [0.05, 0.1) is 10.5 Å². The number of carbonyl (C=O) groups is 1. The van der Waals surface area contributed by atoms with Crippen LogP contribution in [-0.2, 0) is 10.0 Å². The van der Waals surface area contributed by atoms with Crippen LogP contribution in [0.4, 0.5) is 0 Å². The van der Waals surface area contributed by atoms with E-state index in [9.17, 15) is 13.2 Å². The van der Waals surface area contributed by atoms with E-state index < -0.39 is 16.0 Å². The Labute approximate surface area is 107 Å². The van der Waals surface area contributed by atoms with Gasteiger partial charge in [0.2, 0.25) is 10.0 Å². The van der Waals surface area contributed by atoms with E-state index in [1.54, 1.807) is 20.8 Å². The fourth-order valence-electron chi connectivity index (χ4n) is 1.72. The first kappa shape index (κ1) is 14.7. The Hall–Kier alpha value is -1.40. The van der Waals surface area contributed by atoms with E-state index in [0.29, 0.717) is 6.54 Å². The zero-order valence-electron chi connectivity index (χ0n) is 10.6. The first-order valence-corrected chi connectivity index (χ1v) is 7.10. The van der Waals surface area contributed by atoms with E-state index in [4.69, 9.17) is 5.11 Å². The number of hydrogen-bond donors (Lipinski definition) is 1. The summed E-state index contributed by atoms with van der Waals surface area (Å²) in [4.78, 5) is 10.8. The fraction of sp³-hybridized carbons (Fsp3) is 0.417. The number of nitrogens with zero attached hydrogens (tertiary/aromatic N) is 1. The lowest BCUT2D eigenvalue weighted by atomic mass is 10.2. The van der Waals surface area contributed by atoms with Gasteiger partial charge < -0.3 is 5.11 Å². The van der Waals surface area contributed by atoms with Gasteiger partial charge >= 0.3 is 5.97 Å². The van der Waals surface area contributed by atoms with Crippen LogP contribution in [0.1, 0.15) is 31.1 Å². The molecule has 18 heavy (non-hydrogen) atoms. The van der Waals surface area contributed by atoms with Crippen molar-refractivity contribution in [2.75, 3.05) is 6.54 Å². The maximum atomic E-state index is 12.3. The summed E-state index contributed by atoms with van der Waals surface area (Å²) in [5, 5.41) is 8.76. The summed E-state index contributed by atoms with van der Waals surface area (Å²) in [5.41, 5.74) is 0.0709. The van der Waals surface area contributed by atoms with Gasteiger partial charge in [0.25, 0.3) is 0 Å². The molecule has 0 aliphatic carbocycles. The van der Waals surface area contributed by atoms with E-state index >= 15 is 0 Å². The Bertz CT molecular complexity index is 520. The van der Waals surface area contributed by atoms with Crippen molar-refractivity contribution in [3.63, 3.8) is 0 Å². The third-order valence-electron chi connectivity index (χ3n) is 2.60. The lowest BCUT2D eigenvalue weighted by Gasteiger charge is -2.24. The predicted molar refractivity (Wildman–Crippen MR) is 68.1 cm³/mol. The number of aromatic carboxylic acids is 1. The molecule has 6 heteroatoms. The van der Waals surface area contributed by atoms with E-state index in [1.807, 2.05) is 0 Å². The van der Waals surface area contributed by atoms with Gasteiger partial charge in [0.1, 0.15) is 0 Å². The summed E-state index contributed by atoms with van der Waals surface area (Å²) in [6.45, 7) is 5.74. The van der Waals surface area contributed by atoms with E-state index in [0.717, 1.165) is 0 Å². The summed E-state index contributed by atoms with van der Waals surface area (Å²) in [7, 11) is -3.55. The second-order valence-electron chi connectivity index (χ2n) is 4.13. The zero-order valence-corrected chi connectivity index (χ0v) is 11.4. The van der Waals surface area contributed by atoms with Gasteiger partial charge in [-0.1, -0.05) is 6.92 Å². The monoisotopic (exact) mass is 271 g/mol. The lowest BCUT2D eigenvalue weighted by molar-refractivity contribution is 0.0696. The minimum Gasteiger partial charge on any atom is -0.478 e. The quantitative estimate of drug-likeness (QED) is 0.886. The average Bonchev–Trinajstić information content (AvgIpc) is 2.29. The highest BCUT2D eigenvalue weighted by Gasteiger charge is 2.25. The molecule has 0 saturated heterocycles. The van der Waals surface area contributed by atoms with Crippen LogP contribution >= 0.6 is 0 Å². The fourth-order valence-corrected chi connectivity index (χ4v) is 3.36. The van der Waals surface area contributed by atoms with E-state index in [2.05, 4.69) is 0 Å². The summed E-state index contributed by atoms with van der Waals surface area (Å²) < 4.78 is 25.9. The second kappa shape index (κ2) is 5.49. The zero-order chi connectivity index (χ0) is 13.9. The number of hydrogen-bond acceptors (Lipinski definition) is 3. The lowest BCUT2D eigenvalue weighted by Crippen LogP contribution is -2.36. The Kier molecular flexibility index (Phi) is 4.48. The van der Waals surface area contributed by atoms with Gasteiger partial charge in [-0.05, 0) is 38.1 Å². The van der Waals surface area contributed by atoms with Crippen molar-refractivity contribution >= 4 is 16.0 Å². The summed E-state index contributed by atoms with van der Waals surface area (Å²) >= 11 is 0. The van der Waals surface area contributed by atoms with E-state index in [-0.39, 0.29) is 16.5 Å². The molecule has 0 spiro atoms. The molecule has 0 aliphatic rings. The molecule has 0 radical (unpaired) electrons. The van der Waals surface area contributed by atoms with Crippen molar-refractivity contribution in [2.45, 2.75) is 31.7 Å². The van der Waals surface area contributed by atoms with Crippen LogP contribution in [0.5, 0.6) is 0 Å². The topological polar surface area (TPSA) is 74.7 Å². The molecule has 0 saturated carbocycles. The van der Waals surface area contributed by atoms with Crippen LogP contribution in [0.3, 0.4) is 0 Å². The molecular weight excluding hydrogens is 254 g/mol. The van der Waals surface area contributed by atoms with Gasteiger partial charge in [-0.25, -0.2) is 13.2 Å². The van der Waals surface area contributed by atoms with Crippen molar-refractivity contribution in [3.05, 3.63) is 29.8 Å². The molecule has 0 aliphatic heterocycles. The molecule has 0 heterocycles. The summed E-state index contributed by atoms with van der Waals surface area (Å²) in [6.07, 6.45) is 0. The van der Waals surface area contributed by atoms with Crippen molar-refractivity contribution < 1.29 is 18.3 Å².